The highest BCUT2D eigenvalue weighted by atomic mass is 35.5. The molecule has 0 atom stereocenters. The lowest BCUT2D eigenvalue weighted by Crippen LogP contribution is -2.12. The third-order valence-electron chi connectivity index (χ3n) is 1.97. The van der Waals surface area contributed by atoms with E-state index in [1.807, 2.05) is 6.92 Å². The Labute approximate surface area is 120 Å². The van der Waals surface area contributed by atoms with Crippen molar-refractivity contribution in [3.05, 3.63) is 41.2 Å². The van der Waals surface area contributed by atoms with E-state index in [-0.39, 0.29) is 5.95 Å². The van der Waals surface area contributed by atoms with Crippen molar-refractivity contribution >= 4 is 17.5 Å². The number of hydrogen-bond acceptors (Lipinski definition) is 5. The van der Waals surface area contributed by atoms with Gasteiger partial charge in [0, 0.05) is 23.8 Å². The predicted octanol–water partition coefficient (Wildman–Crippen LogP) is 2.90. The number of aryl methyl sites for hydroxylation is 2. The zero-order valence-electron chi connectivity index (χ0n) is 11.0. The van der Waals surface area contributed by atoms with Crippen LogP contribution in [0.5, 0.6) is 0 Å². The SMILES string of the molecule is Cc1ccnc(Cl)n1.Cc1ccnc(NCC(F)F)n1. The Morgan fingerprint density at radius 1 is 1.10 bits per heavy atom. The first-order valence-electron chi connectivity index (χ1n) is 5.74. The van der Waals surface area contributed by atoms with Gasteiger partial charge in [0.1, 0.15) is 0 Å². The van der Waals surface area contributed by atoms with Gasteiger partial charge in [0.25, 0.3) is 6.43 Å². The molecule has 5 nitrogen and oxygen atoms in total. The fourth-order valence-electron chi connectivity index (χ4n) is 1.12. The molecule has 0 saturated carbocycles. The summed E-state index contributed by atoms with van der Waals surface area (Å²) in [6.07, 6.45) is 0.773. The second-order valence-corrected chi connectivity index (χ2v) is 4.10. The normalized spacial score (nSPS) is 9.90. The number of nitrogens with one attached hydrogen (secondary N) is 1. The van der Waals surface area contributed by atoms with Crippen LogP contribution in [0.2, 0.25) is 5.28 Å². The quantitative estimate of drug-likeness (QED) is 0.883. The molecule has 2 heterocycles. The Balaban J connectivity index is 0.000000217. The molecule has 1 N–H and O–H groups in total. The van der Waals surface area contributed by atoms with E-state index in [1.165, 1.54) is 6.20 Å². The molecule has 0 aliphatic carbocycles. The van der Waals surface area contributed by atoms with E-state index in [2.05, 4.69) is 25.3 Å². The van der Waals surface area contributed by atoms with Crippen molar-refractivity contribution in [3.63, 3.8) is 0 Å². The summed E-state index contributed by atoms with van der Waals surface area (Å²) in [5.74, 6) is 0.246. The van der Waals surface area contributed by atoms with Gasteiger partial charge >= 0.3 is 0 Å². The summed E-state index contributed by atoms with van der Waals surface area (Å²) in [4.78, 5) is 15.2. The highest BCUT2D eigenvalue weighted by Crippen LogP contribution is 2.00. The largest absolute Gasteiger partial charge is 0.348 e. The molecule has 0 saturated heterocycles. The van der Waals surface area contributed by atoms with Crippen molar-refractivity contribution in [2.45, 2.75) is 20.3 Å². The highest BCUT2D eigenvalue weighted by Gasteiger charge is 2.02. The van der Waals surface area contributed by atoms with Gasteiger partial charge in [0.05, 0.1) is 6.54 Å². The van der Waals surface area contributed by atoms with Crippen LogP contribution < -0.4 is 5.32 Å². The zero-order chi connectivity index (χ0) is 15.0. The van der Waals surface area contributed by atoms with Gasteiger partial charge in [-0.05, 0) is 37.6 Å². The molecule has 0 aliphatic rings. The number of rotatable bonds is 3. The van der Waals surface area contributed by atoms with E-state index >= 15 is 0 Å². The smallest absolute Gasteiger partial charge is 0.255 e. The fourth-order valence-corrected chi connectivity index (χ4v) is 1.31. The lowest BCUT2D eigenvalue weighted by molar-refractivity contribution is 0.163. The first-order chi connectivity index (χ1) is 9.47. The molecule has 0 radical (unpaired) electrons. The molecule has 0 unspecified atom stereocenters. The molecule has 0 spiro atoms. The molecule has 20 heavy (non-hydrogen) atoms. The van der Waals surface area contributed by atoms with Crippen LogP contribution in [0.15, 0.2) is 24.5 Å². The first-order valence-corrected chi connectivity index (χ1v) is 6.12. The average molecular weight is 302 g/mol. The van der Waals surface area contributed by atoms with Gasteiger partial charge in [-0.3, -0.25) is 0 Å². The molecule has 2 aromatic heterocycles. The van der Waals surface area contributed by atoms with Gasteiger partial charge in [-0.1, -0.05) is 0 Å². The second-order valence-electron chi connectivity index (χ2n) is 3.76. The predicted molar refractivity (Wildman–Crippen MR) is 73.0 cm³/mol. The van der Waals surface area contributed by atoms with E-state index in [0.29, 0.717) is 5.28 Å². The maximum Gasteiger partial charge on any atom is 0.255 e. The number of aromatic nitrogens is 4. The van der Waals surface area contributed by atoms with E-state index in [4.69, 9.17) is 11.6 Å². The Morgan fingerprint density at radius 2 is 1.70 bits per heavy atom. The molecule has 0 amide bonds. The standard InChI is InChI=1S/C7H9F2N3.C5H5ClN2/c1-5-2-3-10-7(12-5)11-4-6(8)9;1-4-2-3-7-5(6)8-4/h2-3,6H,4H2,1H3,(H,10,11,12);2-3H,1H3. The fraction of sp³-hybridized carbons (Fsp3) is 0.333. The van der Waals surface area contributed by atoms with Crippen molar-refractivity contribution in [1.29, 1.82) is 0 Å². The van der Waals surface area contributed by atoms with E-state index < -0.39 is 13.0 Å². The molecular weight excluding hydrogens is 288 g/mol. The summed E-state index contributed by atoms with van der Waals surface area (Å²) in [6.45, 7) is 3.23. The average Bonchev–Trinajstić information content (AvgIpc) is 2.37. The molecule has 0 aromatic carbocycles. The minimum absolute atomic E-state index is 0.246. The Hall–Kier alpha value is -1.89. The summed E-state index contributed by atoms with van der Waals surface area (Å²) in [7, 11) is 0. The van der Waals surface area contributed by atoms with Gasteiger partial charge in [-0.15, -0.1) is 0 Å². The van der Waals surface area contributed by atoms with Crippen molar-refractivity contribution in [1.82, 2.24) is 19.9 Å². The monoisotopic (exact) mass is 301 g/mol. The van der Waals surface area contributed by atoms with Crippen molar-refractivity contribution in [2.24, 2.45) is 0 Å². The number of anilines is 1. The van der Waals surface area contributed by atoms with Crippen LogP contribution in [0.1, 0.15) is 11.4 Å². The van der Waals surface area contributed by atoms with Crippen LogP contribution >= 0.6 is 11.6 Å². The van der Waals surface area contributed by atoms with Crippen LogP contribution in [0, 0.1) is 13.8 Å². The zero-order valence-corrected chi connectivity index (χ0v) is 11.8. The third-order valence-corrected chi connectivity index (χ3v) is 2.16. The number of hydrogen-bond donors (Lipinski definition) is 1. The highest BCUT2D eigenvalue weighted by molar-refractivity contribution is 6.28. The van der Waals surface area contributed by atoms with Crippen molar-refractivity contribution in [2.75, 3.05) is 11.9 Å². The molecular formula is C12H14ClF2N5. The number of nitrogens with zero attached hydrogens (tertiary/aromatic N) is 4. The summed E-state index contributed by atoms with van der Waals surface area (Å²) >= 11 is 5.42. The van der Waals surface area contributed by atoms with Crippen molar-refractivity contribution < 1.29 is 8.78 Å². The second kappa shape index (κ2) is 8.31. The first kappa shape index (κ1) is 16.2. The summed E-state index contributed by atoms with van der Waals surface area (Å²) in [5.41, 5.74) is 1.65. The summed E-state index contributed by atoms with van der Waals surface area (Å²) in [5, 5.41) is 2.72. The van der Waals surface area contributed by atoms with E-state index in [0.717, 1.165) is 11.4 Å². The molecule has 0 bridgehead atoms. The van der Waals surface area contributed by atoms with Crippen LogP contribution in [0.3, 0.4) is 0 Å². The Morgan fingerprint density at radius 3 is 2.15 bits per heavy atom. The lowest BCUT2D eigenvalue weighted by Gasteiger charge is -2.02. The maximum atomic E-state index is 11.7. The number of alkyl halides is 2. The topological polar surface area (TPSA) is 63.6 Å². The summed E-state index contributed by atoms with van der Waals surface area (Å²) < 4.78 is 23.4. The van der Waals surface area contributed by atoms with Crippen LogP contribution in [0.4, 0.5) is 14.7 Å². The summed E-state index contributed by atoms with van der Waals surface area (Å²) in [6, 6.07) is 3.50. The molecule has 0 fully saturated rings. The van der Waals surface area contributed by atoms with Gasteiger partial charge in [-0.25, -0.2) is 28.7 Å². The third kappa shape index (κ3) is 6.89. The lowest BCUT2D eigenvalue weighted by atomic mass is 10.5. The van der Waals surface area contributed by atoms with E-state index in [9.17, 15) is 8.78 Å². The van der Waals surface area contributed by atoms with Crippen LogP contribution in [0.25, 0.3) is 0 Å². The minimum Gasteiger partial charge on any atom is -0.348 e. The molecule has 108 valence electrons. The molecule has 0 aliphatic heterocycles. The Bertz CT molecular complexity index is 522. The van der Waals surface area contributed by atoms with Gasteiger partial charge in [-0.2, -0.15) is 0 Å². The molecule has 2 aromatic rings. The van der Waals surface area contributed by atoms with Crippen molar-refractivity contribution in [3.8, 4) is 0 Å². The van der Waals surface area contributed by atoms with Gasteiger partial charge < -0.3 is 5.32 Å². The van der Waals surface area contributed by atoms with Gasteiger partial charge in [0.2, 0.25) is 11.2 Å². The Kier molecular flexibility index (Phi) is 6.72. The van der Waals surface area contributed by atoms with Gasteiger partial charge in [0.15, 0.2) is 0 Å². The van der Waals surface area contributed by atoms with Crippen LogP contribution in [-0.4, -0.2) is 32.9 Å². The van der Waals surface area contributed by atoms with Crippen LogP contribution in [-0.2, 0) is 0 Å². The van der Waals surface area contributed by atoms with E-state index in [1.54, 1.807) is 25.3 Å². The maximum absolute atomic E-state index is 11.7. The molecule has 8 heteroatoms. The number of halogens is 3. The molecule has 2 rings (SSSR count). The minimum atomic E-state index is -2.38.